The van der Waals surface area contributed by atoms with Crippen LogP contribution < -0.4 is 5.32 Å². The predicted molar refractivity (Wildman–Crippen MR) is 148 cm³/mol. The number of hydrogen-bond acceptors (Lipinski definition) is 4. The smallest absolute Gasteiger partial charge is 0.326 e. The Kier molecular flexibility index (Phi) is 7.50. The number of carbonyl (C=O) groups excluding carboxylic acids is 1. The molecule has 0 bridgehead atoms. The Morgan fingerprint density at radius 3 is 2.70 bits per heavy atom. The van der Waals surface area contributed by atoms with Crippen LogP contribution in [0.3, 0.4) is 0 Å². The molecule has 4 aromatic rings. The number of nitriles is 1. The lowest BCUT2D eigenvalue weighted by atomic mass is 10.0. The molecule has 1 N–H and O–H groups in total. The second-order valence-corrected chi connectivity index (χ2v) is 10.0. The zero-order valence-electron chi connectivity index (χ0n) is 19.7. The monoisotopic (exact) mass is 549 g/mol. The van der Waals surface area contributed by atoms with Gasteiger partial charge in [-0.3, -0.25) is 9.47 Å². The second kappa shape index (κ2) is 11.0. The van der Waals surface area contributed by atoms with Gasteiger partial charge in [-0.2, -0.15) is 5.26 Å². The highest BCUT2D eigenvalue weighted by Gasteiger charge is 2.27. The largest absolute Gasteiger partial charge is 0.333 e. The number of fused-ring (bicyclic) bond motifs is 3. The van der Waals surface area contributed by atoms with Crippen LogP contribution in [0.4, 0.5) is 4.79 Å². The van der Waals surface area contributed by atoms with Crippen LogP contribution in [0.15, 0.2) is 60.8 Å². The number of aromatic nitrogens is 2. The van der Waals surface area contributed by atoms with Crippen molar-refractivity contribution in [2.75, 3.05) is 13.1 Å². The van der Waals surface area contributed by atoms with Crippen LogP contribution in [-0.2, 0) is 19.5 Å². The van der Waals surface area contributed by atoms with E-state index in [1.165, 1.54) is 0 Å². The Morgan fingerprint density at radius 1 is 1.14 bits per heavy atom. The van der Waals surface area contributed by atoms with Crippen LogP contribution in [0.2, 0.25) is 15.2 Å². The van der Waals surface area contributed by atoms with Gasteiger partial charge in [-0.1, -0.05) is 59.1 Å². The van der Waals surface area contributed by atoms with E-state index < -0.39 is 0 Å². The number of pyridine rings is 1. The number of nitrogens with one attached hydrogen (secondary N) is 1. The number of carbonyl (C=O) groups is 1. The summed E-state index contributed by atoms with van der Waals surface area (Å²) in [5, 5.41) is 14.8. The summed E-state index contributed by atoms with van der Waals surface area (Å²) in [5.41, 5.74) is 4.99. The van der Waals surface area contributed by atoms with Gasteiger partial charge in [0.25, 0.3) is 0 Å². The summed E-state index contributed by atoms with van der Waals surface area (Å²) in [6.45, 7) is 2.51. The summed E-state index contributed by atoms with van der Waals surface area (Å²) in [6.07, 6.45) is 6.49. The minimum absolute atomic E-state index is 0.254. The zero-order valence-corrected chi connectivity index (χ0v) is 22.0. The van der Waals surface area contributed by atoms with Gasteiger partial charge in [-0.15, -0.1) is 0 Å². The maximum atomic E-state index is 13.4. The number of rotatable bonds is 5. The van der Waals surface area contributed by atoms with Crippen molar-refractivity contribution in [3.05, 3.63) is 104 Å². The van der Waals surface area contributed by atoms with E-state index in [-0.39, 0.29) is 6.03 Å². The highest BCUT2D eigenvalue weighted by atomic mass is 35.5. The standard InChI is InChI=1S/C28H22Cl3N5O/c29-21-5-3-18(4-6-21)2-1-10-35-11-8-25-23(17-35)22-13-20(15-32)24(30)14-26(22)36(25)28(37)34-16-19-7-9-33-27(31)12-19/h1-7,9,12-14H,8,10-11,16-17H2,(H,34,37)/b2-1+. The first kappa shape index (κ1) is 25.3. The van der Waals surface area contributed by atoms with Crippen LogP contribution in [0.1, 0.15) is 27.9 Å². The maximum absolute atomic E-state index is 13.4. The number of nitrogens with zero attached hydrogens (tertiary/aromatic N) is 4. The lowest BCUT2D eigenvalue weighted by molar-refractivity contribution is 0.240. The Labute approximate surface area is 229 Å². The van der Waals surface area contributed by atoms with Crippen LogP contribution in [0.25, 0.3) is 17.0 Å². The minimum atomic E-state index is -0.254. The fourth-order valence-corrected chi connectivity index (χ4v) is 5.15. The molecule has 2 aromatic heterocycles. The summed E-state index contributed by atoms with van der Waals surface area (Å²) in [4.78, 5) is 19.7. The van der Waals surface area contributed by atoms with Gasteiger partial charge in [0, 0.05) is 54.9 Å². The summed E-state index contributed by atoms with van der Waals surface area (Å²) in [7, 11) is 0. The molecule has 2 aromatic carbocycles. The third kappa shape index (κ3) is 5.51. The van der Waals surface area contributed by atoms with E-state index in [1.54, 1.807) is 35.0 Å². The average molecular weight is 551 g/mol. The maximum Gasteiger partial charge on any atom is 0.326 e. The topological polar surface area (TPSA) is 74.0 Å². The van der Waals surface area contributed by atoms with E-state index in [4.69, 9.17) is 34.8 Å². The summed E-state index contributed by atoms with van der Waals surface area (Å²) in [5.74, 6) is 0. The van der Waals surface area contributed by atoms with Gasteiger partial charge in [-0.25, -0.2) is 9.78 Å². The Hall–Kier alpha value is -3.34. The Bertz CT molecular complexity index is 1550. The number of halogens is 3. The first-order chi connectivity index (χ1) is 17.9. The zero-order chi connectivity index (χ0) is 25.9. The Morgan fingerprint density at radius 2 is 1.95 bits per heavy atom. The van der Waals surface area contributed by atoms with Crippen LogP contribution >= 0.6 is 34.8 Å². The number of benzene rings is 2. The molecule has 0 unspecified atom stereocenters. The van der Waals surface area contributed by atoms with E-state index in [0.717, 1.165) is 40.9 Å². The van der Waals surface area contributed by atoms with Crippen molar-refractivity contribution in [1.82, 2.24) is 19.8 Å². The van der Waals surface area contributed by atoms with Crippen molar-refractivity contribution in [3.63, 3.8) is 0 Å². The van der Waals surface area contributed by atoms with Crippen molar-refractivity contribution in [1.29, 1.82) is 5.26 Å². The molecular weight excluding hydrogens is 529 g/mol. The number of hydrogen-bond donors (Lipinski definition) is 1. The highest BCUT2D eigenvalue weighted by molar-refractivity contribution is 6.32. The molecule has 0 fully saturated rings. The van der Waals surface area contributed by atoms with E-state index >= 15 is 0 Å². The van der Waals surface area contributed by atoms with Gasteiger partial charge in [0.15, 0.2) is 0 Å². The summed E-state index contributed by atoms with van der Waals surface area (Å²) in [6, 6.07) is 16.6. The quantitative estimate of drug-likeness (QED) is 0.281. The van der Waals surface area contributed by atoms with Crippen LogP contribution in [0, 0.1) is 11.3 Å². The molecule has 1 aliphatic rings. The van der Waals surface area contributed by atoms with Crippen LogP contribution in [0.5, 0.6) is 0 Å². The van der Waals surface area contributed by atoms with Crippen molar-refractivity contribution in [3.8, 4) is 6.07 Å². The van der Waals surface area contributed by atoms with Gasteiger partial charge < -0.3 is 5.32 Å². The fourth-order valence-electron chi connectivity index (χ4n) is 4.63. The molecule has 186 valence electrons. The van der Waals surface area contributed by atoms with E-state index in [2.05, 4.69) is 33.4 Å². The molecule has 5 rings (SSSR count). The summed E-state index contributed by atoms with van der Waals surface area (Å²) >= 11 is 18.3. The van der Waals surface area contributed by atoms with Gasteiger partial charge in [0.05, 0.1) is 16.1 Å². The molecule has 9 heteroatoms. The van der Waals surface area contributed by atoms with Crippen LogP contribution in [-0.4, -0.2) is 33.6 Å². The van der Waals surface area contributed by atoms with Crippen molar-refractivity contribution in [2.24, 2.45) is 0 Å². The molecule has 0 saturated carbocycles. The molecule has 0 radical (unpaired) electrons. The molecule has 0 saturated heterocycles. The lowest BCUT2D eigenvalue weighted by Crippen LogP contribution is -2.34. The molecule has 0 atom stereocenters. The average Bonchev–Trinajstić information content (AvgIpc) is 3.20. The van der Waals surface area contributed by atoms with Gasteiger partial charge in [-0.05, 0) is 53.1 Å². The molecule has 0 aliphatic carbocycles. The first-order valence-electron chi connectivity index (χ1n) is 11.7. The molecule has 37 heavy (non-hydrogen) atoms. The minimum Gasteiger partial charge on any atom is -0.333 e. The Balaban J connectivity index is 1.42. The van der Waals surface area contributed by atoms with Gasteiger partial charge in [0.1, 0.15) is 11.2 Å². The molecule has 1 aliphatic heterocycles. The lowest BCUT2D eigenvalue weighted by Gasteiger charge is -2.27. The van der Waals surface area contributed by atoms with Crippen molar-refractivity contribution >= 4 is 57.8 Å². The second-order valence-electron chi connectivity index (χ2n) is 8.81. The first-order valence-corrected chi connectivity index (χ1v) is 12.8. The van der Waals surface area contributed by atoms with E-state index in [0.29, 0.717) is 45.8 Å². The normalized spacial score (nSPS) is 13.6. The van der Waals surface area contributed by atoms with E-state index in [9.17, 15) is 10.1 Å². The predicted octanol–water partition coefficient (Wildman–Crippen LogP) is 6.70. The molecule has 3 heterocycles. The van der Waals surface area contributed by atoms with Gasteiger partial charge >= 0.3 is 6.03 Å². The van der Waals surface area contributed by atoms with Crippen molar-refractivity contribution < 1.29 is 4.79 Å². The molecule has 6 nitrogen and oxygen atoms in total. The third-order valence-electron chi connectivity index (χ3n) is 6.42. The molecule has 1 amide bonds. The van der Waals surface area contributed by atoms with Crippen molar-refractivity contribution in [2.45, 2.75) is 19.5 Å². The SMILES string of the molecule is N#Cc1cc2c3c(n(C(=O)NCc4ccnc(Cl)c4)c2cc1Cl)CCN(C/C=C/c1ccc(Cl)cc1)C3. The molecular formula is C28H22Cl3N5O. The highest BCUT2D eigenvalue weighted by Crippen LogP contribution is 2.34. The number of amides is 1. The third-order valence-corrected chi connectivity index (χ3v) is 7.19. The molecule has 0 spiro atoms. The summed E-state index contributed by atoms with van der Waals surface area (Å²) < 4.78 is 1.70. The van der Waals surface area contributed by atoms with E-state index in [1.807, 2.05) is 24.3 Å². The van der Waals surface area contributed by atoms with Gasteiger partial charge in [0.2, 0.25) is 0 Å². The fraction of sp³-hybridized carbons (Fsp3) is 0.179.